The van der Waals surface area contributed by atoms with Gasteiger partial charge in [-0.25, -0.2) is 0 Å². The summed E-state index contributed by atoms with van der Waals surface area (Å²) in [7, 11) is 0. The Morgan fingerprint density at radius 1 is 0.818 bits per heavy atom. The summed E-state index contributed by atoms with van der Waals surface area (Å²) in [5.41, 5.74) is 1.33. The van der Waals surface area contributed by atoms with Gasteiger partial charge in [-0.2, -0.15) is 0 Å². The maximum absolute atomic E-state index is 12.8. The van der Waals surface area contributed by atoms with E-state index in [0.717, 1.165) is 19.3 Å². The van der Waals surface area contributed by atoms with Crippen molar-refractivity contribution < 1.29 is 9.59 Å². The topological polar surface area (TPSA) is 37.4 Å². The number of ketones is 1. The first-order chi connectivity index (χ1) is 10.8. The van der Waals surface area contributed by atoms with Gasteiger partial charge in [0.15, 0.2) is 5.78 Å². The van der Waals surface area contributed by atoms with Crippen LogP contribution >= 0.6 is 0 Å². The van der Waals surface area contributed by atoms with Gasteiger partial charge in [-0.05, 0) is 31.4 Å². The number of likely N-dealkylation sites (tertiary alicyclic amines) is 1. The molecule has 3 nitrogen and oxygen atoms in total. The highest BCUT2D eigenvalue weighted by Crippen LogP contribution is 2.23. The molecule has 112 valence electrons. The highest BCUT2D eigenvalue weighted by atomic mass is 16.2. The fraction of sp³-hybridized carbons (Fsp3) is 0.263. The van der Waals surface area contributed by atoms with Crippen LogP contribution in [0.5, 0.6) is 0 Å². The monoisotopic (exact) mass is 293 g/mol. The second kappa shape index (κ2) is 6.56. The molecule has 0 unspecified atom stereocenters. The quantitative estimate of drug-likeness (QED) is 0.811. The molecule has 3 rings (SSSR count). The number of amides is 1. The number of nitrogens with zero attached hydrogens (tertiary/aromatic N) is 1. The Bertz CT molecular complexity index is 592. The molecule has 22 heavy (non-hydrogen) atoms. The van der Waals surface area contributed by atoms with E-state index in [0.29, 0.717) is 17.7 Å². The van der Waals surface area contributed by atoms with Crippen molar-refractivity contribution in [3.63, 3.8) is 0 Å². The van der Waals surface area contributed by atoms with Crippen molar-refractivity contribution in [1.29, 1.82) is 0 Å². The summed E-state index contributed by atoms with van der Waals surface area (Å²) < 4.78 is 0. The normalized spacial score (nSPS) is 18.0. The maximum Gasteiger partial charge on any atom is 0.254 e. The van der Waals surface area contributed by atoms with Crippen molar-refractivity contribution in [3.8, 4) is 0 Å². The molecule has 0 spiro atoms. The van der Waals surface area contributed by atoms with E-state index < -0.39 is 0 Å². The molecule has 1 fully saturated rings. The van der Waals surface area contributed by atoms with E-state index in [1.165, 1.54) is 0 Å². The van der Waals surface area contributed by atoms with Gasteiger partial charge in [-0.1, -0.05) is 48.5 Å². The largest absolute Gasteiger partial charge is 0.328 e. The Labute approximate surface area is 130 Å². The molecule has 0 radical (unpaired) electrons. The number of benzene rings is 2. The zero-order chi connectivity index (χ0) is 15.4. The molecule has 0 bridgehead atoms. The van der Waals surface area contributed by atoms with Crippen LogP contribution in [0, 0.1) is 0 Å². The molecule has 1 amide bonds. The lowest BCUT2D eigenvalue weighted by Gasteiger charge is -2.35. The Morgan fingerprint density at radius 2 is 1.41 bits per heavy atom. The van der Waals surface area contributed by atoms with E-state index >= 15 is 0 Å². The lowest BCUT2D eigenvalue weighted by molar-refractivity contribution is 0.0548. The second-order valence-corrected chi connectivity index (χ2v) is 5.61. The third kappa shape index (κ3) is 2.93. The predicted octanol–water partition coefficient (Wildman–Crippen LogP) is 3.56. The number of piperidine rings is 1. The number of hydrogen-bond acceptors (Lipinski definition) is 2. The highest BCUT2D eigenvalue weighted by molar-refractivity contribution is 6.04. The van der Waals surface area contributed by atoms with Gasteiger partial charge in [0.05, 0.1) is 6.04 Å². The molecule has 1 saturated heterocycles. The first-order valence-corrected chi connectivity index (χ1v) is 7.72. The molecule has 0 aromatic heterocycles. The predicted molar refractivity (Wildman–Crippen MR) is 85.9 cm³/mol. The minimum atomic E-state index is -0.344. The molecule has 0 aliphatic carbocycles. The van der Waals surface area contributed by atoms with E-state index in [2.05, 4.69) is 0 Å². The maximum atomic E-state index is 12.8. The number of Topliss-reactive ketones (excluding diaryl/α,β-unsaturated/α-hetero) is 1. The summed E-state index contributed by atoms with van der Waals surface area (Å²) in [6.45, 7) is 0.650. The molecule has 1 heterocycles. The zero-order valence-electron chi connectivity index (χ0n) is 12.4. The SMILES string of the molecule is O=C(c1ccccc1)[C@H]1CCCCN1C(=O)c1ccccc1. The molecule has 1 aliphatic rings. The number of carbonyl (C=O) groups is 2. The Kier molecular flexibility index (Phi) is 4.33. The third-order valence-electron chi connectivity index (χ3n) is 4.15. The number of carbonyl (C=O) groups excluding carboxylic acids is 2. The lowest BCUT2D eigenvalue weighted by Crippen LogP contribution is -2.48. The molecule has 2 aromatic rings. The van der Waals surface area contributed by atoms with Crippen molar-refractivity contribution in [1.82, 2.24) is 4.90 Å². The van der Waals surface area contributed by atoms with Crippen molar-refractivity contribution in [2.75, 3.05) is 6.54 Å². The molecule has 3 heteroatoms. The van der Waals surface area contributed by atoms with Crippen LogP contribution in [0.2, 0.25) is 0 Å². The average molecular weight is 293 g/mol. The molecule has 1 atom stereocenters. The number of rotatable bonds is 3. The van der Waals surface area contributed by atoms with E-state index in [-0.39, 0.29) is 17.7 Å². The van der Waals surface area contributed by atoms with E-state index in [1.807, 2.05) is 48.5 Å². The fourth-order valence-corrected chi connectivity index (χ4v) is 2.99. The standard InChI is InChI=1S/C19H19NO2/c21-18(15-9-3-1-4-10-15)17-13-7-8-14-20(17)19(22)16-11-5-2-6-12-16/h1-6,9-12,17H,7-8,13-14H2/t17-/m1/s1. The molecule has 0 N–H and O–H groups in total. The third-order valence-corrected chi connectivity index (χ3v) is 4.15. The molecular formula is C19H19NO2. The minimum Gasteiger partial charge on any atom is -0.328 e. The summed E-state index contributed by atoms with van der Waals surface area (Å²) in [4.78, 5) is 27.2. The van der Waals surface area contributed by atoms with Gasteiger partial charge in [0.25, 0.3) is 5.91 Å². The van der Waals surface area contributed by atoms with Gasteiger partial charge in [0.1, 0.15) is 0 Å². The van der Waals surface area contributed by atoms with E-state index in [4.69, 9.17) is 0 Å². The summed E-state index contributed by atoms with van der Waals surface area (Å²) in [6.07, 6.45) is 2.69. The summed E-state index contributed by atoms with van der Waals surface area (Å²) >= 11 is 0. The highest BCUT2D eigenvalue weighted by Gasteiger charge is 2.32. The Morgan fingerprint density at radius 3 is 2.05 bits per heavy atom. The van der Waals surface area contributed by atoms with Gasteiger partial charge < -0.3 is 4.90 Å². The van der Waals surface area contributed by atoms with Crippen LogP contribution in [0.25, 0.3) is 0 Å². The first kappa shape index (κ1) is 14.5. The lowest BCUT2D eigenvalue weighted by atomic mass is 9.93. The Balaban J connectivity index is 1.86. The fourth-order valence-electron chi connectivity index (χ4n) is 2.99. The molecule has 2 aromatic carbocycles. The molecular weight excluding hydrogens is 274 g/mol. The second-order valence-electron chi connectivity index (χ2n) is 5.61. The Hall–Kier alpha value is -2.42. The van der Waals surface area contributed by atoms with Crippen LogP contribution in [-0.2, 0) is 0 Å². The van der Waals surface area contributed by atoms with Gasteiger partial charge in [-0.15, -0.1) is 0 Å². The van der Waals surface area contributed by atoms with Crippen LogP contribution < -0.4 is 0 Å². The van der Waals surface area contributed by atoms with Crippen molar-refractivity contribution >= 4 is 11.7 Å². The van der Waals surface area contributed by atoms with Crippen LogP contribution in [-0.4, -0.2) is 29.2 Å². The van der Waals surface area contributed by atoms with E-state index in [1.54, 1.807) is 17.0 Å². The van der Waals surface area contributed by atoms with E-state index in [9.17, 15) is 9.59 Å². The average Bonchev–Trinajstić information content (AvgIpc) is 2.62. The van der Waals surface area contributed by atoms with Crippen LogP contribution in [0.15, 0.2) is 60.7 Å². The summed E-state index contributed by atoms with van der Waals surface area (Å²) in [5, 5.41) is 0. The van der Waals surface area contributed by atoms with Crippen molar-refractivity contribution in [2.45, 2.75) is 25.3 Å². The van der Waals surface area contributed by atoms with Crippen molar-refractivity contribution in [2.24, 2.45) is 0 Å². The first-order valence-electron chi connectivity index (χ1n) is 7.72. The van der Waals surface area contributed by atoms with Gasteiger partial charge in [0, 0.05) is 17.7 Å². The van der Waals surface area contributed by atoms with Crippen LogP contribution in [0.4, 0.5) is 0 Å². The number of hydrogen-bond donors (Lipinski definition) is 0. The molecule has 0 saturated carbocycles. The van der Waals surface area contributed by atoms with Gasteiger partial charge >= 0.3 is 0 Å². The minimum absolute atomic E-state index is 0.0459. The summed E-state index contributed by atoms with van der Waals surface area (Å²) in [6, 6.07) is 18.1. The molecule has 1 aliphatic heterocycles. The van der Waals surface area contributed by atoms with Crippen LogP contribution in [0.3, 0.4) is 0 Å². The van der Waals surface area contributed by atoms with Gasteiger partial charge in [0.2, 0.25) is 0 Å². The summed E-state index contributed by atoms with van der Waals surface area (Å²) in [5.74, 6) is -0.000776. The zero-order valence-corrected chi connectivity index (χ0v) is 12.4. The van der Waals surface area contributed by atoms with Crippen molar-refractivity contribution in [3.05, 3.63) is 71.8 Å². The van der Waals surface area contributed by atoms with Crippen LogP contribution in [0.1, 0.15) is 40.0 Å². The smallest absolute Gasteiger partial charge is 0.254 e. The van der Waals surface area contributed by atoms with Gasteiger partial charge in [-0.3, -0.25) is 9.59 Å².